The van der Waals surface area contributed by atoms with E-state index in [1.165, 1.54) is 12.8 Å². The van der Waals surface area contributed by atoms with Gasteiger partial charge in [0.25, 0.3) is 0 Å². The zero-order valence-corrected chi connectivity index (χ0v) is 9.12. The molecule has 0 unspecified atom stereocenters. The number of carboxylic acids is 1. The average molecular weight is 213 g/mol. The number of aliphatic hydroxyl groups excluding tert-OH is 1. The van der Waals surface area contributed by atoms with Gasteiger partial charge in [-0.05, 0) is 31.6 Å². The van der Waals surface area contributed by atoms with Gasteiger partial charge in [-0.1, -0.05) is 6.08 Å². The SMILES string of the molecule is CC(=CCNCC1(CCO)CC1)C(=O)O. The van der Waals surface area contributed by atoms with E-state index in [-0.39, 0.29) is 6.61 Å². The van der Waals surface area contributed by atoms with Crippen LogP contribution in [0.5, 0.6) is 0 Å². The quantitative estimate of drug-likeness (QED) is 0.431. The molecule has 1 aliphatic rings. The number of rotatable bonds is 7. The lowest BCUT2D eigenvalue weighted by Gasteiger charge is -2.13. The number of aliphatic hydroxyl groups is 1. The number of hydrogen-bond acceptors (Lipinski definition) is 3. The highest BCUT2D eigenvalue weighted by Gasteiger charge is 2.40. The summed E-state index contributed by atoms with van der Waals surface area (Å²) in [6.07, 6.45) is 4.86. The van der Waals surface area contributed by atoms with Crippen molar-refractivity contribution in [2.24, 2.45) is 5.41 Å². The fourth-order valence-electron chi connectivity index (χ4n) is 1.58. The Bertz CT molecular complexity index is 257. The van der Waals surface area contributed by atoms with E-state index in [1.54, 1.807) is 13.0 Å². The average Bonchev–Trinajstić information content (AvgIpc) is 2.93. The van der Waals surface area contributed by atoms with E-state index in [1.807, 2.05) is 0 Å². The van der Waals surface area contributed by atoms with Crippen LogP contribution in [0.4, 0.5) is 0 Å². The summed E-state index contributed by atoms with van der Waals surface area (Å²) in [7, 11) is 0. The molecule has 0 aromatic heterocycles. The topological polar surface area (TPSA) is 69.6 Å². The highest BCUT2D eigenvalue weighted by Crippen LogP contribution is 2.47. The van der Waals surface area contributed by atoms with Gasteiger partial charge in [0.15, 0.2) is 0 Å². The molecule has 0 aromatic rings. The van der Waals surface area contributed by atoms with Gasteiger partial charge in [-0.15, -0.1) is 0 Å². The van der Waals surface area contributed by atoms with Gasteiger partial charge in [0.1, 0.15) is 0 Å². The Balaban J connectivity index is 2.17. The molecule has 0 aliphatic heterocycles. The van der Waals surface area contributed by atoms with Gasteiger partial charge in [0.05, 0.1) is 0 Å². The zero-order chi connectivity index (χ0) is 11.3. The molecule has 4 heteroatoms. The second-order valence-corrected chi connectivity index (χ2v) is 4.30. The fraction of sp³-hybridized carbons (Fsp3) is 0.727. The van der Waals surface area contributed by atoms with Crippen LogP contribution in [-0.2, 0) is 4.79 Å². The van der Waals surface area contributed by atoms with Crippen molar-refractivity contribution in [3.8, 4) is 0 Å². The third-order valence-electron chi connectivity index (χ3n) is 2.99. The smallest absolute Gasteiger partial charge is 0.330 e. The van der Waals surface area contributed by atoms with Gasteiger partial charge in [0.2, 0.25) is 0 Å². The molecule has 0 saturated heterocycles. The molecular weight excluding hydrogens is 194 g/mol. The maximum absolute atomic E-state index is 10.5. The van der Waals surface area contributed by atoms with Crippen molar-refractivity contribution in [2.45, 2.75) is 26.2 Å². The highest BCUT2D eigenvalue weighted by atomic mass is 16.4. The van der Waals surface area contributed by atoms with E-state index in [9.17, 15) is 4.79 Å². The first-order valence-electron chi connectivity index (χ1n) is 5.31. The third-order valence-corrected chi connectivity index (χ3v) is 2.99. The highest BCUT2D eigenvalue weighted by molar-refractivity contribution is 5.85. The third kappa shape index (κ3) is 4.01. The summed E-state index contributed by atoms with van der Waals surface area (Å²) in [6, 6.07) is 0. The molecule has 0 heterocycles. The van der Waals surface area contributed by atoms with Gasteiger partial charge in [0, 0.05) is 25.3 Å². The van der Waals surface area contributed by atoms with E-state index in [4.69, 9.17) is 10.2 Å². The van der Waals surface area contributed by atoms with Crippen molar-refractivity contribution in [2.75, 3.05) is 19.7 Å². The van der Waals surface area contributed by atoms with Crippen molar-refractivity contribution in [3.63, 3.8) is 0 Å². The molecule has 0 radical (unpaired) electrons. The lowest BCUT2D eigenvalue weighted by atomic mass is 10.0. The van der Waals surface area contributed by atoms with Gasteiger partial charge >= 0.3 is 5.97 Å². The first-order chi connectivity index (χ1) is 7.09. The maximum atomic E-state index is 10.5. The standard InChI is InChI=1S/C11H19NO3/c1-9(10(14)15)2-6-12-8-11(3-4-11)5-7-13/h2,12-13H,3-8H2,1H3,(H,14,15). The Labute approximate surface area is 90.0 Å². The monoisotopic (exact) mass is 213 g/mol. The van der Waals surface area contributed by atoms with Crippen molar-refractivity contribution in [1.29, 1.82) is 0 Å². The molecule has 0 aromatic carbocycles. The Hall–Kier alpha value is -0.870. The lowest BCUT2D eigenvalue weighted by Crippen LogP contribution is -2.25. The molecule has 4 nitrogen and oxygen atoms in total. The first kappa shape index (κ1) is 12.2. The van der Waals surface area contributed by atoms with Crippen LogP contribution >= 0.6 is 0 Å². The molecule has 0 atom stereocenters. The van der Waals surface area contributed by atoms with Crippen LogP contribution in [0.3, 0.4) is 0 Å². The number of carboxylic acid groups (broad SMARTS) is 1. The molecule has 86 valence electrons. The molecule has 1 saturated carbocycles. The summed E-state index contributed by atoms with van der Waals surface area (Å²) in [5, 5.41) is 20.7. The zero-order valence-electron chi connectivity index (χ0n) is 9.12. The minimum atomic E-state index is -0.867. The van der Waals surface area contributed by atoms with Crippen molar-refractivity contribution in [3.05, 3.63) is 11.6 Å². The van der Waals surface area contributed by atoms with Crippen LogP contribution in [0.15, 0.2) is 11.6 Å². The minimum Gasteiger partial charge on any atom is -0.478 e. The predicted octanol–water partition coefficient (Wildman–Crippen LogP) is 0.769. The summed E-state index contributed by atoms with van der Waals surface area (Å²) in [6.45, 7) is 3.29. The molecular formula is C11H19NO3. The number of aliphatic carboxylic acids is 1. The Kier molecular flexibility index (Phi) is 4.29. The van der Waals surface area contributed by atoms with Gasteiger partial charge in [-0.2, -0.15) is 0 Å². The number of hydrogen-bond donors (Lipinski definition) is 3. The summed E-state index contributed by atoms with van der Waals surface area (Å²) in [5.41, 5.74) is 0.661. The van der Waals surface area contributed by atoms with E-state index >= 15 is 0 Å². The molecule has 0 bridgehead atoms. The van der Waals surface area contributed by atoms with E-state index in [2.05, 4.69) is 5.32 Å². The van der Waals surface area contributed by atoms with Crippen molar-refractivity contribution < 1.29 is 15.0 Å². The first-order valence-corrected chi connectivity index (χ1v) is 5.31. The van der Waals surface area contributed by atoms with E-state index < -0.39 is 5.97 Å². The molecule has 1 fully saturated rings. The largest absolute Gasteiger partial charge is 0.478 e. The van der Waals surface area contributed by atoms with Crippen LogP contribution in [0.1, 0.15) is 26.2 Å². The summed E-state index contributed by atoms with van der Waals surface area (Å²) < 4.78 is 0. The van der Waals surface area contributed by atoms with Gasteiger partial charge in [-0.25, -0.2) is 4.79 Å². The van der Waals surface area contributed by atoms with Crippen molar-refractivity contribution in [1.82, 2.24) is 5.32 Å². The Morgan fingerprint density at radius 3 is 2.67 bits per heavy atom. The molecule has 0 spiro atoms. The molecule has 1 aliphatic carbocycles. The number of nitrogens with one attached hydrogen (secondary N) is 1. The molecule has 15 heavy (non-hydrogen) atoms. The Morgan fingerprint density at radius 2 is 2.20 bits per heavy atom. The van der Waals surface area contributed by atoms with E-state index in [0.717, 1.165) is 13.0 Å². The number of carbonyl (C=O) groups is 1. The second kappa shape index (κ2) is 5.28. The molecule has 1 rings (SSSR count). The van der Waals surface area contributed by atoms with Gasteiger partial charge < -0.3 is 15.5 Å². The van der Waals surface area contributed by atoms with Crippen LogP contribution in [0, 0.1) is 5.41 Å². The Morgan fingerprint density at radius 1 is 1.53 bits per heavy atom. The summed E-state index contributed by atoms with van der Waals surface area (Å²) in [5.74, 6) is -0.867. The van der Waals surface area contributed by atoms with Crippen LogP contribution < -0.4 is 5.32 Å². The predicted molar refractivity (Wildman–Crippen MR) is 57.6 cm³/mol. The molecule has 0 amide bonds. The van der Waals surface area contributed by atoms with Crippen molar-refractivity contribution >= 4 is 5.97 Å². The minimum absolute atomic E-state index is 0.242. The normalized spacial score (nSPS) is 18.9. The summed E-state index contributed by atoms with van der Waals surface area (Å²) >= 11 is 0. The lowest BCUT2D eigenvalue weighted by molar-refractivity contribution is -0.132. The fourth-order valence-corrected chi connectivity index (χ4v) is 1.58. The van der Waals surface area contributed by atoms with Crippen LogP contribution in [0.25, 0.3) is 0 Å². The van der Waals surface area contributed by atoms with Crippen LogP contribution in [-0.4, -0.2) is 35.9 Å². The summed E-state index contributed by atoms with van der Waals surface area (Å²) in [4.78, 5) is 10.5. The second-order valence-electron chi connectivity index (χ2n) is 4.30. The maximum Gasteiger partial charge on any atom is 0.330 e. The van der Waals surface area contributed by atoms with Gasteiger partial charge in [-0.3, -0.25) is 0 Å². The van der Waals surface area contributed by atoms with E-state index in [0.29, 0.717) is 17.5 Å². The van der Waals surface area contributed by atoms with Crippen LogP contribution in [0.2, 0.25) is 0 Å². The molecule has 3 N–H and O–H groups in total.